The van der Waals surface area contributed by atoms with Gasteiger partial charge in [-0.05, 0) is 18.6 Å². The van der Waals surface area contributed by atoms with Gasteiger partial charge in [0.2, 0.25) is 12.0 Å². The Kier molecular flexibility index (Phi) is 5.23. The molecule has 7 nitrogen and oxygen atoms in total. The van der Waals surface area contributed by atoms with E-state index < -0.39 is 16.6 Å². The summed E-state index contributed by atoms with van der Waals surface area (Å²) in [6, 6.07) is 4.27. The Hall–Kier alpha value is -2.41. The van der Waals surface area contributed by atoms with Gasteiger partial charge in [0.25, 0.3) is 5.69 Å². The number of aryl methyl sites for hydroxylation is 1. The van der Waals surface area contributed by atoms with E-state index in [1.165, 1.54) is 29.2 Å². The van der Waals surface area contributed by atoms with Crippen molar-refractivity contribution in [2.24, 2.45) is 5.41 Å². The molecule has 0 fully saturated rings. The van der Waals surface area contributed by atoms with Crippen LogP contribution >= 0.6 is 11.6 Å². The van der Waals surface area contributed by atoms with Crippen LogP contribution in [-0.2, 0) is 4.79 Å². The fraction of sp³-hybridized carbons (Fsp3) is 0.375. The Morgan fingerprint density at radius 3 is 2.75 bits per heavy atom. The summed E-state index contributed by atoms with van der Waals surface area (Å²) >= 11 is 5.90. The molecule has 1 atom stereocenters. The molecule has 0 radical (unpaired) electrons. The van der Waals surface area contributed by atoms with Gasteiger partial charge in [0.1, 0.15) is 5.75 Å². The number of ketones is 1. The molecular weight excluding hydrogens is 334 g/mol. The molecule has 1 heterocycles. The predicted molar refractivity (Wildman–Crippen MR) is 89.2 cm³/mol. The van der Waals surface area contributed by atoms with Crippen LogP contribution in [0, 0.1) is 22.5 Å². The van der Waals surface area contributed by atoms with E-state index in [0.29, 0.717) is 5.56 Å². The molecule has 0 aliphatic heterocycles. The highest BCUT2D eigenvalue weighted by molar-refractivity contribution is 6.20. The molecule has 128 valence electrons. The van der Waals surface area contributed by atoms with Crippen molar-refractivity contribution in [3.05, 3.63) is 52.6 Å². The maximum atomic E-state index is 12.8. The minimum Gasteiger partial charge on any atom is -0.462 e. The van der Waals surface area contributed by atoms with E-state index in [4.69, 9.17) is 16.3 Å². The van der Waals surface area contributed by atoms with Crippen molar-refractivity contribution in [1.82, 2.24) is 9.55 Å². The molecule has 0 spiro atoms. The zero-order valence-corrected chi connectivity index (χ0v) is 14.4. The van der Waals surface area contributed by atoms with Gasteiger partial charge in [-0.25, -0.2) is 4.98 Å². The smallest absolute Gasteiger partial charge is 0.273 e. The average Bonchev–Trinajstić information content (AvgIpc) is 3.07. The molecule has 0 bridgehead atoms. The lowest BCUT2D eigenvalue weighted by Crippen LogP contribution is -2.36. The fourth-order valence-corrected chi connectivity index (χ4v) is 2.14. The zero-order chi connectivity index (χ0) is 17.9. The van der Waals surface area contributed by atoms with Gasteiger partial charge >= 0.3 is 0 Å². The number of nitrogens with zero attached hydrogens (tertiary/aromatic N) is 3. The number of Topliss-reactive ketones (excluding diaryl/α,β-unsaturated/α-hetero) is 1. The van der Waals surface area contributed by atoms with Gasteiger partial charge in [-0.2, -0.15) is 0 Å². The minimum atomic E-state index is -1.01. The van der Waals surface area contributed by atoms with Crippen LogP contribution in [0.3, 0.4) is 0 Å². The van der Waals surface area contributed by atoms with Crippen LogP contribution < -0.4 is 4.74 Å². The van der Waals surface area contributed by atoms with Crippen LogP contribution in [0.2, 0.25) is 0 Å². The van der Waals surface area contributed by atoms with Gasteiger partial charge in [-0.1, -0.05) is 13.8 Å². The molecule has 0 N–H and O–H groups in total. The maximum absolute atomic E-state index is 12.8. The first-order valence-electron chi connectivity index (χ1n) is 7.25. The van der Waals surface area contributed by atoms with Crippen LogP contribution in [0.15, 0.2) is 36.9 Å². The third-order valence-electron chi connectivity index (χ3n) is 3.64. The number of halogens is 1. The van der Waals surface area contributed by atoms with Crippen molar-refractivity contribution < 1.29 is 14.5 Å². The standard InChI is InChI=1S/C16H18ClN3O4/c1-11-4-5-12(20(22)23)8-13(11)24-15(19-7-6-18-10-19)14(21)16(2,3)9-17/h4-8,10,15H,9H2,1-3H3. The third-order valence-corrected chi connectivity index (χ3v) is 4.31. The molecule has 24 heavy (non-hydrogen) atoms. The number of imidazole rings is 1. The number of carbonyl (C=O) groups is 1. The Bertz CT molecular complexity index is 744. The molecule has 0 aliphatic carbocycles. The quantitative estimate of drug-likeness (QED) is 0.432. The SMILES string of the molecule is Cc1ccc([N+](=O)[O-])cc1OC(C(=O)C(C)(C)CCl)n1ccnc1. The highest BCUT2D eigenvalue weighted by Crippen LogP contribution is 2.31. The van der Waals surface area contributed by atoms with Gasteiger partial charge in [0, 0.05) is 29.8 Å². The van der Waals surface area contributed by atoms with Crippen LogP contribution in [0.1, 0.15) is 25.6 Å². The Labute approximate surface area is 144 Å². The second-order valence-electron chi connectivity index (χ2n) is 6.07. The minimum absolute atomic E-state index is 0.107. The number of hydrogen-bond acceptors (Lipinski definition) is 5. The van der Waals surface area contributed by atoms with E-state index in [2.05, 4.69) is 4.98 Å². The van der Waals surface area contributed by atoms with Crippen molar-refractivity contribution in [3.63, 3.8) is 0 Å². The first kappa shape index (κ1) is 17.9. The molecule has 0 saturated heterocycles. The lowest BCUT2D eigenvalue weighted by atomic mass is 9.89. The number of benzene rings is 1. The molecule has 1 unspecified atom stereocenters. The van der Waals surface area contributed by atoms with Crippen molar-refractivity contribution in [3.8, 4) is 5.75 Å². The number of ether oxygens (including phenoxy) is 1. The van der Waals surface area contributed by atoms with E-state index in [0.717, 1.165) is 0 Å². The van der Waals surface area contributed by atoms with Crippen molar-refractivity contribution >= 4 is 23.1 Å². The molecule has 1 aromatic heterocycles. The molecule has 2 aromatic rings. The zero-order valence-electron chi connectivity index (χ0n) is 13.6. The molecule has 0 amide bonds. The highest BCUT2D eigenvalue weighted by atomic mass is 35.5. The number of aromatic nitrogens is 2. The average molecular weight is 352 g/mol. The van der Waals surface area contributed by atoms with Gasteiger partial charge < -0.3 is 4.74 Å². The summed E-state index contributed by atoms with van der Waals surface area (Å²) in [6.45, 7) is 5.19. The summed E-state index contributed by atoms with van der Waals surface area (Å²) in [4.78, 5) is 27.2. The van der Waals surface area contributed by atoms with Gasteiger partial charge in [-0.3, -0.25) is 19.5 Å². The summed E-state index contributed by atoms with van der Waals surface area (Å²) < 4.78 is 7.35. The van der Waals surface area contributed by atoms with E-state index in [1.54, 1.807) is 33.0 Å². The van der Waals surface area contributed by atoms with E-state index in [1.807, 2.05) is 0 Å². The van der Waals surface area contributed by atoms with E-state index in [9.17, 15) is 14.9 Å². The summed E-state index contributed by atoms with van der Waals surface area (Å²) in [5.74, 6) is 0.136. The molecule has 0 aliphatic rings. The van der Waals surface area contributed by atoms with Crippen LogP contribution in [0.25, 0.3) is 0 Å². The number of rotatable bonds is 7. The lowest BCUT2D eigenvalue weighted by molar-refractivity contribution is -0.385. The number of non-ortho nitro benzene ring substituents is 1. The van der Waals surface area contributed by atoms with Crippen molar-refractivity contribution in [2.75, 3.05) is 5.88 Å². The second-order valence-corrected chi connectivity index (χ2v) is 6.34. The monoisotopic (exact) mass is 351 g/mol. The van der Waals surface area contributed by atoms with Crippen molar-refractivity contribution in [2.45, 2.75) is 27.0 Å². The Morgan fingerprint density at radius 1 is 1.50 bits per heavy atom. The topological polar surface area (TPSA) is 87.3 Å². The Morgan fingerprint density at radius 2 is 2.21 bits per heavy atom. The lowest BCUT2D eigenvalue weighted by Gasteiger charge is -2.27. The van der Waals surface area contributed by atoms with Gasteiger partial charge in [0.15, 0.2) is 0 Å². The summed E-state index contributed by atoms with van der Waals surface area (Å²) in [6.07, 6.45) is 3.57. The summed E-state index contributed by atoms with van der Waals surface area (Å²) in [5, 5.41) is 11.0. The predicted octanol–water partition coefficient (Wildman–Crippen LogP) is 3.51. The normalized spacial score (nSPS) is 12.7. The van der Waals surface area contributed by atoms with Crippen LogP contribution in [0.4, 0.5) is 5.69 Å². The highest BCUT2D eigenvalue weighted by Gasteiger charge is 2.36. The molecule has 8 heteroatoms. The van der Waals surface area contributed by atoms with Gasteiger partial charge in [0.05, 0.1) is 17.3 Å². The number of nitro groups is 1. The largest absolute Gasteiger partial charge is 0.462 e. The molecule has 0 saturated carbocycles. The molecule has 1 aromatic carbocycles. The maximum Gasteiger partial charge on any atom is 0.273 e. The molecule has 2 rings (SSSR count). The Balaban J connectivity index is 2.42. The van der Waals surface area contributed by atoms with E-state index in [-0.39, 0.29) is 23.1 Å². The summed E-state index contributed by atoms with van der Waals surface area (Å²) in [5.41, 5.74) is -0.253. The van der Waals surface area contributed by atoms with Gasteiger partial charge in [-0.15, -0.1) is 11.6 Å². The fourth-order valence-electron chi connectivity index (χ4n) is 2.01. The van der Waals surface area contributed by atoms with Crippen LogP contribution in [-0.4, -0.2) is 26.1 Å². The summed E-state index contributed by atoms with van der Waals surface area (Å²) in [7, 11) is 0. The van der Waals surface area contributed by atoms with Crippen LogP contribution in [0.5, 0.6) is 5.75 Å². The third kappa shape index (κ3) is 3.73. The van der Waals surface area contributed by atoms with E-state index >= 15 is 0 Å². The molecular formula is C16H18ClN3O4. The van der Waals surface area contributed by atoms with Crippen molar-refractivity contribution in [1.29, 1.82) is 0 Å². The number of alkyl halides is 1. The number of hydrogen-bond donors (Lipinski definition) is 0. The first-order valence-corrected chi connectivity index (χ1v) is 7.79. The number of nitro benzene ring substituents is 1. The second kappa shape index (κ2) is 7.00. The number of carbonyl (C=O) groups excluding carboxylic acids is 1. The first-order chi connectivity index (χ1) is 11.3.